The molecule has 0 bridgehead atoms. The lowest BCUT2D eigenvalue weighted by molar-refractivity contribution is -0.384. The molecule has 9 nitrogen and oxygen atoms in total. The van der Waals surface area contributed by atoms with Gasteiger partial charge in [-0.15, -0.1) is 0 Å². The van der Waals surface area contributed by atoms with E-state index in [2.05, 4.69) is 0 Å². The Kier molecular flexibility index (Phi) is 5.08. The van der Waals surface area contributed by atoms with E-state index in [-0.39, 0.29) is 42.6 Å². The first-order valence-corrected chi connectivity index (χ1v) is 8.53. The maximum absolute atomic E-state index is 12.9. The van der Waals surface area contributed by atoms with Crippen LogP contribution in [-0.4, -0.2) is 60.1 Å². The molecule has 2 atom stereocenters. The summed E-state index contributed by atoms with van der Waals surface area (Å²) in [6.07, 6.45) is 0.674. The molecule has 0 N–H and O–H groups in total. The molecule has 0 radical (unpaired) electrons. The molecule has 1 fully saturated rings. The van der Waals surface area contributed by atoms with Gasteiger partial charge in [0.05, 0.1) is 29.4 Å². The molecule has 0 unspecified atom stereocenters. The Balaban J connectivity index is 1.85. The van der Waals surface area contributed by atoms with Crippen LogP contribution in [0.3, 0.4) is 0 Å². The van der Waals surface area contributed by atoms with Gasteiger partial charge < -0.3 is 14.4 Å². The number of hydrogen-bond donors (Lipinski definition) is 0. The van der Waals surface area contributed by atoms with Crippen LogP contribution in [-0.2, 0) is 14.3 Å². The Labute approximate surface area is 150 Å². The molecule has 26 heavy (non-hydrogen) atoms. The number of morpholine rings is 1. The fourth-order valence-corrected chi connectivity index (χ4v) is 3.19. The fourth-order valence-electron chi connectivity index (χ4n) is 3.19. The number of carbonyl (C=O) groups excluding carboxylic acids is 2. The summed E-state index contributed by atoms with van der Waals surface area (Å²) in [4.78, 5) is 38.6. The van der Waals surface area contributed by atoms with Gasteiger partial charge in [-0.05, 0) is 19.4 Å². The summed E-state index contributed by atoms with van der Waals surface area (Å²) in [6, 6.07) is 3.98. The highest BCUT2D eigenvalue weighted by atomic mass is 16.6. The summed E-state index contributed by atoms with van der Waals surface area (Å²) in [6.45, 7) is 4.40. The fraction of sp³-hybridized carbons (Fsp3) is 0.529. The lowest BCUT2D eigenvalue weighted by atomic mass is 10.1. The van der Waals surface area contributed by atoms with Crippen molar-refractivity contribution in [2.24, 2.45) is 0 Å². The molecule has 9 heteroatoms. The van der Waals surface area contributed by atoms with Crippen molar-refractivity contribution in [3.63, 3.8) is 0 Å². The number of benzene rings is 1. The topological polar surface area (TPSA) is 102 Å². The molecular weight excluding hydrogens is 342 g/mol. The van der Waals surface area contributed by atoms with Gasteiger partial charge in [-0.1, -0.05) is 6.92 Å². The number of nitro benzene ring substituents is 1. The zero-order chi connectivity index (χ0) is 18.8. The van der Waals surface area contributed by atoms with Gasteiger partial charge in [0.2, 0.25) is 5.91 Å². The van der Waals surface area contributed by atoms with Crippen molar-refractivity contribution in [3.8, 4) is 5.75 Å². The van der Waals surface area contributed by atoms with Gasteiger partial charge in [-0.3, -0.25) is 24.6 Å². The maximum Gasteiger partial charge on any atom is 0.271 e. The zero-order valence-electron chi connectivity index (χ0n) is 14.7. The average molecular weight is 363 g/mol. The van der Waals surface area contributed by atoms with E-state index in [0.29, 0.717) is 18.9 Å². The van der Waals surface area contributed by atoms with Crippen molar-refractivity contribution in [2.45, 2.75) is 32.4 Å². The number of carbonyl (C=O) groups is 2. The lowest BCUT2D eigenvalue weighted by Crippen LogP contribution is -2.55. The van der Waals surface area contributed by atoms with E-state index in [9.17, 15) is 19.7 Å². The predicted octanol–water partition coefficient (Wildman–Crippen LogP) is 1.35. The second-order valence-electron chi connectivity index (χ2n) is 6.43. The van der Waals surface area contributed by atoms with Crippen molar-refractivity contribution in [1.29, 1.82) is 0 Å². The molecule has 0 spiro atoms. The minimum absolute atomic E-state index is 0.0422. The third-order valence-electron chi connectivity index (χ3n) is 4.65. The van der Waals surface area contributed by atoms with Crippen molar-refractivity contribution < 1.29 is 24.0 Å². The second-order valence-corrected chi connectivity index (χ2v) is 6.43. The SMILES string of the molecule is CC[C@@H]1CO[C@@H](C)CN1C(=O)CN1C(=O)COc2ccc([N+](=O)[O-])cc21. The lowest BCUT2D eigenvalue weighted by Gasteiger charge is -2.39. The van der Waals surface area contributed by atoms with E-state index >= 15 is 0 Å². The number of nitrogens with zero attached hydrogens (tertiary/aromatic N) is 3. The molecule has 1 saturated heterocycles. The number of ether oxygens (including phenoxy) is 2. The van der Waals surface area contributed by atoms with Crippen molar-refractivity contribution in [2.75, 3.05) is 31.2 Å². The van der Waals surface area contributed by atoms with Crippen LogP contribution in [0.1, 0.15) is 20.3 Å². The second kappa shape index (κ2) is 7.28. The quantitative estimate of drug-likeness (QED) is 0.591. The van der Waals surface area contributed by atoms with Crippen molar-refractivity contribution in [3.05, 3.63) is 28.3 Å². The monoisotopic (exact) mass is 363 g/mol. The van der Waals surface area contributed by atoms with Crippen LogP contribution in [0.25, 0.3) is 0 Å². The number of non-ortho nitro benzene ring substituents is 1. The Bertz CT molecular complexity index is 737. The number of fused-ring (bicyclic) bond motifs is 1. The highest BCUT2D eigenvalue weighted by Gasteiger charge is 2.34. The van der Waals surface area contributed by atoms with E-state index in [1.807, 2.05) is 13.8 Å². The van der Waals surface area contributed by atoms with E-state index in [4.69, 9.17) is 9.47 Å². The number of anilines is 1. The predicted molar refractivity (Wildman–Crippen MR) is 92.2 cm³/mol. The van der Waals surface area contributed by atoms with Crippen LogP contribution in [0.5, 0.6) is 5.75 Å². The van der Waals surface area contributed by atoms with Crippen LogP contribution in [0.2, 0.25) is 0 Å². The molecular formula is C17H21N3O6. The van der Waals surface area contributed by atoms with Crippen LogP contribution in [0.15, 0.2) is 18.2 Å². The summed E-state index contributed by atoms with van der Waals surface area (Å²) in [5.74, 6) is -0.259. The standard InChI is InChI=1S/C17H21N3O6/c1-3-12-9-25-11(2)7-18(12)16(21)8-19-14-6-13(20(23)24)4-5-15(14)26-10-17(19)22/h4-6,11-12H,3,7-10H2,1-2H3/t11-,12+/m0/s1. The Morgan fingerprint density at radius 1 is 1.42 bits per heavy atom. The van der Waals surface area contributed by atoms with Gasteiger partial charge in [0.15, 0.2) is 6.61 Å². The number of amides is 2. The highest BCUT2D eigenvalue weighted by Crippen LogP contribution is 2.35. The molecule has 2 aliphatic heterocycles. The summed E-state index contributed by atoms with van der Waals surface area (Å²) in [5, 5.41) is 11.0. The molecule has 2 heterocycles. The largest absolute Gasteiger partial charge is 0.482 e. The summed E-state index contributed by atoms with van der Waals surface area (Å²) >= 11 is 0. The Morgan fingerprint density at radius 3 is 2.88 bits per heavy atom. The first-order chi connectivity index (χ1) is 12.4. The van der Waals surface area contributed by atoms with E-state index < -0.39 is 10.8 Å². The summed E-state index contributed by atoms with van der Waals surface area (Å²) < 4.78 is 10.9. The molecule has 0 aliphatic carbocycles. The molecule has 140 valence electrons. The zero-order valence-corrected chi connectivity index (χ0v) is 14.7. The summed E-state index contributed by atoms with van der Waals surface area (Å²) in [7, 11) is 0. The van der Waals surface area contributed by atoms with Crippen LogP contribution in [0.4, 0.5) is 11.4 Å². The Hall–Kier alpha value is -2.68. The molecule has 1 aromatic carbocycles. The van der Waals surface area contributed by atoms with Crippen LogP contribution in [0, 0.1) is 10.1 Å². The minimum Gasteiger partial charge on any atom is -0.482 e. The average Bonchev–Trinajstić information content (AvgIpc) is 2.63. The molecule has 3 rings (SSSR count). The van der Waals surface area contributed by atoms with Gasteiger partial charge in [-0.25, -0.2) is 0 Å². The number of hydrogen-bond acceptors (Lipinski definition) is 6. The van der Waals surface area contributed by atoms with E-state index in [1.54, 1.807) is 4.90 Å². The molecule has 2 amide bonds. The van der Waals surface area contributed by atoms with Gasteiger partial charge >= 0.3 is 0 Å². The molecule has 1 aromatic rings. The van der Waals surface area contributed by atoms with Crippen LogP contribution < -0.4 is 9.64 Å². The summed E-state index contributed by atoms with van der Waals surface area (Å²) in [5.41, 5.74) is 0.0871. The van der Waals surface area contributed by atoms with Crippen LogP contribution >= 0.6 is 0 Å². The third-order valence-corrected chi connectivity index (χ3v) is 4.65. The third kappa shape index (κ3) is 3.48. The highest BCUT2D eigenvalue weighted by molar-refractivity contribution is 6.02. The Morgan fingerprint density at radius 2 is 2.19 bits per heavy atom. The maximum atomic E-state index is 12.9. The minimum atomic E-state index is -0.546. The normalized spacial score (nSPS) is 22.6. The molecule has 2 aliphatic rings. The first-order valence-electron chi connectivity index (χ1n) is 8.53. The van der Waals surface area contributed by atoms with Gasteiger partial charge in [-0.2, -0.15) is 0 Å². The molecule has 0 saturated carbocycles. The van der Waals surface area contributed by atoms with Gasteiger partial charge in [0, 0.05) is 18.7 Å². The number of nitro groups is 1. The van der Waals surface area contributed by atoms with Crippen molar-refractivity contribution in [1.82, 2.24) is 4.90 Å². The van der Waals surface area contributed by atoms with Crippen molar-refractivity contribution >= 4 is 23.2 Å². The number of rotatable bonds is 4. The van der Waals surface area contributed by atoms with E-state index in [0.717, 1.165) is 6.42 Å². The van der Waals surface area contributed by atoms with Gasteiger partial charge in [0.1, 0.15) is 12.3 Å². The first kappa shape index (κ1) is 18.1. The molecule has 0 aromatic heterocycles. The smallest absolute Gasteiger partial charge is 0.271 e. The van der Waals surface area contributed by atoms with Gasteiger partial charge in [0.25, 0.3) is 11.6 Å². The van der Waals surface area contributed by atoms with E-state index in [1.165, 1.54) is 23.1 Å².